The van der Waals surface area contributed by atoms with Crippen LogP contribution in [-0.4, -0.2) is 27.1 Å². The van der Waals surface area contributed by atoms with E-state index < -0.39 is 10.0 Å². The zero-order valence-corrected chi connectivity index (χ0v) is 13.6. The number of anilines is 1. The Morgan fingerprint density at radius 2 is 2.13 bits per heavy atom. The average molecular weight is 345 g/mol. The molecule has 0 unspecified atom stereocenters. The van der Waals surface area contributed by atoms with Crippen molar-refractivity contribution in [2.45, 2.75) is 11.8 Å². The zero-order chi connectivity index (χ0) is 16.0. The number of hydrogen-bond acceptors (Lipinski definition) is 6. The van der Waals surface area contributed by atoms with Crippen molar-refractivity contribution in [3.8, 4) is 0 Å². The molecule has 4 aromatic rings. The van der Waals surface area contributed by atoms with Gasteiger partial charge in [-0.25, -0.2) is 13.4 Å². The van der Waals surface area contributed by atoms with Crippen molar-refractivity contribution in [2.24, 2.45) is 0 Å². The Kier molecular flexibility index (Phi) is 3.06. The molecule has 0 amide bonds. The van der Waals surface area contributed by atoms with E-state index in [1.807, 2.05) is 6.92 Å². The lowest BCUT2D eigenvalue weighted by Crippen LogP contribution is -2.12. The fourth-order valence-corrected chi connectivity index (χ4v) is 4.17. The highest BCUT2D eigenvalue weighted by Gasteiger charge is 2.21. The minimum atomic E-state index is -3.77. The molecular formula is C14H11N5O2S2. The first-order valence-corrected chi connectivity index (χ1v) is 8.94. The predicted molar refractivity (Wildman–Crippen MR) is 89.1 cm³/mol. The summed E-state index contributed by atoms with van der Waals surface area (Å²) < 4.78 is 36.3. The molecule has 0 saturated heterocycles. The van der Waals surface area contributed by atoms with E-state index in [4.69, 9.17) is 0 Å². The second-order valence-electron chi connectivity index (χ2n) is 5.10. The standard InChI is InChI=1S/C14H11N5O2S2/c1-8-5-9-12(7-16-14(9)15-6-8)23(20,21)19-11-4-2-3-10-13(11)18-22-17-10/h2-7,19H,1H3,(H,15,16). The molecule has 0 spiro atoms. The number of nitrogens with one attached hydrogen (secondary N) is 2. The predicted octanol–water partition coefficient (Wildman–Crippen LogP) is 2.68. The van der Waals surface area contributed by atoms with Gasteiger partial charge in [-0.05, 0) is 30.7 Å². The van der Waals surface area contributed by atoms with Crippen molar-refractivity contribution in [3.63, 3.8) is 0 Å². The van der Waals surface area contributed by atoms with Gasteiger partial charge in [-0.15, -0.1) is 0 Å². The summed E-state index contributed by atoms with van der Waals surface area (Å²) in [5, 5.41) is 0.557. The Labute approximate surface area is 135 Å². The topological polar surface area (TPSA) is 101 Å². The summed E-state index contributed by atoms with van der Waals surface area (Å²) in [7, 11) is -3.77. The molecule has 0 fully saturated rings. The maximum atomic E-state index is 12.7. The third-order valence-electron chi connectivity index (χ3n) is 3.45. The van der Waals surface area contributed by atoms with Gasteiger partial charge in [0.15, 0.2) is 0 Å². The van der Waals surface area contributed by atoms with Gasteiger partial charge in [-0.1, -0.05) is 6.07 Å². The van der Waals surface area contributed by atoms with Gasteiger partial charge in [-0.2, -0.15) is 8.75 Å². The number of nitrogens with zero attached hydrogens (tertiary/aromatic N) is 3. The van der Waals surface area contributed by atoms with Crippen LogP contribution in [0.25, 0.3) is 22.1 Å². The molecule has 3 aromatic heterocycles. The van der Waals surface area contributed by atoms with Gasteiger partial charge in [0.05, 0.1) is 17.4 Å². The monoisotopic (exact) mass is 345 g/mol. The number of pyridine rings is 1. The minimum Gasteiger partial charge on any atom is -0.345 e. The molecule has 0 aliphatic rings. The number of rotatable bonds is 3. The van der Waals surface area contributed by atoms with Gasteiger partial charge in [-0.3, -0.25) is 4.72 Å². The van der Waals surface area contributed by atoms with Crippen molar-refractivity contribution >= 4 is 49.5 Å². The molecule has 0 aliphatic heterocycles. The summed E-state index contributed by atoms with van der Waals surface area (Å²) in [6.45, 7) is 1.87. The molecule has 0 radical (unpaired) electrons. The fourth-order valence-electron chi connectivity index (χ4n) is 2.39. The zero-order valence-electron chi connectivity index (χ0n) is 11.9. The van der Waals surface area contributed by atoms with E-state index in [2.05, 4.69) is 23.4 Å². The Hall–Kier alpha value is -2.52. The largest absolute Gasteiger partial charge is 0.345 e. The van der Waals surface area contributed by atoms with E-state index >= 15 is 0 Å². The third kappa shape index (κ3) is 2.34. The van der Waals surface area contributed by atoms with E-state index in [1.165, 1.54) is 6.20 Å². The fraction of sp³-hybridized carbons (Fsp3) is 0.0714. The van der Waals surface area contributed by atoms with E-state index in [0.29, 0.717) is 27.8 Å². The lowest BCUT2D eigenvalue weighted by molar-refractivity contribution is 0.602. The van der Waals surface area contributed by atoms with Crippen LogP contribution in [-0.2, 0) is 10.0 Å². The van der Waals surface area contributed by atoms with Gasteiger partial charge in [0.25, 0.3) is 10.0 Å². The highest BCUT2D eigenvalue weighted by Crippen LogP contribution is 2.27. The molecular weight excluding hydrogens is 334 g/mol. The Morgan fingerprint density at radius 1 is 1.26 bits per heavy atom. The van der Waals surface area contributed by atoms with Crippen LogP contribution in [0.1, 0.15) is 5.56 Å². The third-order valence-corrected chi connectivity index (χ3v) is 5.40. The van der Waals surface area contributed by atoms with Crippen molar-refractivity contribution in [3.05, 3.63) is 42.2 Å². The summed E-state index contributed by atoms with van der Waals surface area (Å²) in [5.41, 5.74) is 3.02. The summed E-state index contributed by atoms with van der Waals surface area (Å²) in [6.07, 6.45) is 3.13. The Balaban J connectivity index is 1.83. The lowest BCUT2D eigenvalue weighted by Gasteiger charge is -2.07. The van der Waals surface area contributed by atoms with Crippen LogP contribution in [0.4, 0.5) is 5.69 Å². The van der Waals surface area contributed by atoms with Gasteiger partial charge in [0.1, 0.15) is 21.6 Å². The summed E-state index contributed by atoms with van der Waals surface area (Å²) in [6, 6.07) is 6.98. The summed E-state index contributed by atoms with van der Waals surface area (Å²) >= 11 is 1.04. The van der Waals surface area contributed by atoms with E-state index in [1.54, 1.807) is 30.5 Å². The highest BCUT2D eigenvalue weighted by molar-refractivity contribution is 7.93. The second-order valence-corrected chi connectivity index (χ2v) is 7.28. The van der Waals surface area contributed by atoms with Gasteiger partial charge in [0.2, 0.25) is 0 Å². The highest BCUT2D eigenvalue weighted by atomic mass is 32.2. The van der Waals surface area contributed by atoms with Gasteiger partial charge in [0, 0.05) is 17.8 Å². The number of H-pyrrole nitrogens is 1. The maximum absolute atomic E-state index is 12.7. The van der Waals surface area contributed by atoms with E-state index in [-0.39, 0.29) is 4.90 Å². The minimum absolute atomic E-state index is 0.156. The first kappa shape index (κ1) is 14.1. The molecule has 0 bridgehead atoms. The first-order valence-electron chi connectivity index (χ1n) is 6.72. The molecule has 2 N–H and O–H groups in total. The molecule has 0 aliphatic carbocycles. The van der Waals surface area contributed by atoms with Crippen molar-refractivity contribution in [1.82, 2.24) is 18.7 Å². The number of aromatic amines is 1. The number of aryl methyl sites for hydroxylation is 1. The molecule has 4 rings (SSSR count). The first-order chi connectivity index (χ1) is 11.0. The molecule has 9 heteroatoms. The van der Waals surface area contributed by atoms with Crippen LogP contribution in [0, 0.1) is 6.92 Å². The van der Waals surface area contributed by atoms with E-state index in [9.17, 15) is 8.42 Å². The van der Waals surface area contributed by atoms with Crippen LogP contribution >= 0.6 is 11.7 Å². The number of fused-ring (bicyclic) bond motifs is 2. The molecule has 1 aromatic carbocycles. The number of sulfonamides is 1. The molecule has 116 valence electrons. The Bertz CT molecular complexity index is 1130. The smallest absolute Gasteiger partial charge is 0.264 e. The van der Waals surface area contributed by atoms with Crippen LogP contribution < -0.4 is 4.72 Å². The van der Waals surface area contributed by atoms with Crippen molar-refractivity contribution in [1.29, 1.82) is 0 Å². The lowest BCUT2D eigenvalue weighted by atomic mass is 10.2. The quantitative estimate of drug-likeness (QED) is 0.594. The van der Waals surface area contributed by atoms with Crippen LogP contribution in [0.3, 0.4) is 0 Å². The number of benzene rings is 1. The molecule has 7 nitrogen and oxygen atoms in total. The van der Waals surface area contributed by atoms with Gasteiger partial charge < -0.3 is 4.98 Å². The molecule has 23 heavy (non-hydrogen) atoms. The van der Waals surface area contributed by atoms with E-state index in [0.717, 1.165) is 17.3 Å². The van der Waals surface area contributed by atoms with Crippen LogP contribution in [0.2, 0.25) is 0 Å². The molecule has 0 atom stereocenters. The molecule has 3 heterocycles. The van der Waals surface area contributed by atoms with Crippen LogP contribution in [0.15, 0.2) is 41.6 Å². The van der Waals surface area contributed by atoms with Crippen molar-refractivity contribution < 1.29 is 8.42 Å². The summed E-state index contributed by atoms with van der Waals surface area (Å²) in [5.74, 6) is 0. The maximum Gasteiger partial charge on any atom is 0.264 e. The normalized spacial score (nSPS) is 12.0. The average Bonchev–Trinajstić information content (AvgIpc) is 3.13. The van der Waals surface area contributed by atoms with Crippen molar-refractivity contribution in [2.75, 3.05) is 4.72 Å². The SMILES string of the molecule is Cc1cnc2[nH]cc(S(=O)(=O)Nc3cccc4nsnc34)c2c1. The van der Waals surface area contributed by atoms with Gasteiger partial charge >= 0.3 is 0 Å². The Morgan fingerprint density at radius 3 is 3.00 bits per heavy atom. The second kappa shape index (κ2) is 5.00. The van der Waals surface area contributed by atoms with Crippen LogP contribution in [0.5, 0.6) is 0 Å². The molecule has 0 saturated carbocycles. The number of hydrogen-bond donors (Lipinski definition) is 2. The summed E-state index contributed by atoms with van der Waals surface area (Å²) in [4.78, 5) is 7.23. The number of aromatic nitrogens is 4.